The molecule has 4 nitrogen and oxygen atoms in total. The van der Waals surface area contributed by atoms with Crippen molar-refractivity contribution in [1.29, 1.82) is 0 Å². The van der Waals surface area contributed by atoms with Gasteiger partial charge in [-0.1, -0.05) is 0 Å². The lowest BCUT2D eigenvalue weighted by molar-refractivity contribution is 0.170. The van der Waals surface area contributed by atoms with Gasteiger partial charge in [-0.05, 0) is 6.92 Å². The summed E-state index contributed by atoms with van der Waals surface area (Å²) < 4.78 is 19.9. The van der Waals surface area contributed by atoms with E-state index in [1.807, 2.05) is 0 Å². The molecule has 0 saturated carbocycles. The molecule has 0 fully saturated rings. The lowest BCUT2D eigenvalue weighted by Crippen LogP contribution is -1.99. The summed E-state index contributed by atoms with van der Waals surface area (Å²) >= 11 is 0. The molecular weight excluding hydrogens is 179 g/mol. The van der Waals surface area contributed by atoms with E-state index in [0.29, 0.717) is 6.42 Å². The molecule has 0 saturated heterocycles. The second-order valence-corrected chi connectivity index (χ2v) is 3.08. The van der Waals surface area contributed by atoms with Gasteiger partial charge in [-0.3, -0.25) is 4.57 Å². The Morgan fingerprint density at radius 2 is 2.33 bits per heavy atom. The molecule has 0 aliphatic carbocycles. The van der Waals surface area contributed by atoms with E-state index in [1.165, 1.54) is 0 Å². The van der Waals surface area contributed by atoms with Gasteiger partial charge in [0.05, 0.1) is 6.61 Å². The normalized spacial score (nSPS) is 11.7. The minimum absolute atomic E-state index is 0.0960. The average Bonchev–Trinajstić information content (AvgIpc) is 2.05. The topological polar surface area (TPSA) is 52.6 Å². The fourth-order valence-electron chi connectivity index (χ4n) is 0.452. The molecule has 0 aromatic carbocycles. The van der Waals surface area contributed by atoms with E-state index in [9.17, 15) is 9.36 Å². The molecule has 0 radical (unpaired) electrons. The summed E-state index contributed by atoms with van der Waals surface area (Å²) in [7, 11) is -2.68. The first-order chi connectivity index (χ1) is 5.72. The lowest BCUT2D eigenvalue weighted by Gasteiger charge is -2.01. The highest BCUT2D eigenvalue weighted by molar-refractivity contribution is 7.58. The first-order valence-electron chi connectivity index (χ1n) is 3.49. The quantitative estimate of drug-likeness (QED) is 0.376. The number of carbonyl (C=O) groups is 1. The van der Waals surface area contributed by atoms with Gasteiger partial charge in [-0.15, -0.1) is 12.3 Å². The van der Waals surface area contributed by atoms with Crippen LogP contribution in [0.3, 0.4) is 0 Å². The molecule has 12 heavy (non-hydrogen) atoms. The number of ether oxygens (including phenoxy) is 1. The predicted molar refractivity (Wildman–Crippen MR) is 45.4 cm³/mol. The van der Waals surface area contributed by atoms with Crippen LogP contribution in [0.15, 0.2) is 0 Å². The fraction of sp³-hybridized carbons (Fsp3) is 0.571. The molecule has 1 atom stereocenters. The summed E-state index contributed by atoms with van der Waals surface area (Å²) in [6.45, 7) is 1.98. The highest BCUT2D eigenvalue weighted by Crippen LogP contribution is 2.24. The van der Waals surface area contributed by atoms with E-state index in [2.05, 4.69) is 15.2 Å². The Kier molecular flexibility index (Phi) is 6.45. The molecule has 0 rings (SSSR count). The molecule has 0 aromatic heterocycles. The van der Waals surface area contributed by atoms with Gasteiger partial charge in [0, 0.05) is 6.42 Å². The Labute approximate surface area is 72.1 Å². The maximum Gasteiger partial charge on any atom is 0.388 e. The standard InChI is InChI=1S/C7H11O4P/c1-3-5-6-10-7(8)12(9)11-4-2/h1,12H,4-6H2,2H3. The van der Waals surface area contributed by atoms with Crippen molar-refractivity contribution in [1.82, 2.24) is 0 Å². The Hall–Kier alpha value is -0.780. The summed E-state index contributed by atoms with van der Waals surface area (Å²) in [6, 6.07) is 0. The monoisotopic (exact) mass is 190 g/mol. The van der Waals surface area contributed by atoms with E-state index in [0.717, 1.165) is 0 Å². The molecule has 68 valence electrons. The first kappa shape index (κ1) is 11.2. The van der Waals surface area contributed by atoms with E-state index >= 15 is 0 Å². The number of hydrogen-bond donors (Lipinski definition) is 0. The Morgan fingerprint density at radius 3 is 2.83 bits per heavy atom. The molecule has 0 aliphatic heterocycles. The van der Waals surface area contributed by atoms with Crippen LogP contribution < -0.4 is 0 Å². The van der Waals surface area contributed by atoms with E-state index in [1.54, 1.807) is 6.92 Å². The summed E-state index contributed by atoms with van der Waals surface area (Å²) in [5.74, 6) is 2.29. The zero-order valence-electron chi connectivity index (χ0n) is 6.83. The molecule has 0 aliphatic rings. The number of hydrogen-bond acceptors (Lipinski definition) is 4. The number of carbonyl (C=O) groups excluding carboxylic acids is 1. The minimum atomic E-state index is -2.68. The van der Waals surface area contributed by atoms with Crippen molar-refractivity contribution in [3.05, 3.63) is 0 Å². The van der Waals surface area contributed by atoms with Crippen LogP contribution in [0.2, 0.25) is 0 Å². The highest BCUT2D eigenvalue weighted by Gasteiger charge is 2.11. The second kappa shape index (κ2) is 6.90. The van der Waals surface area contributed by atoms with Crippen molar-refractivity contribution in [2.45, 2.75) is 13.3 Å². The Balaban J connectivity index is 3.59. The Morgan fingerprint density at radius 1 is 1.67 bits per heavy atom. The maximum absolute atomic E-state index is 10.8. The van der Waals surface area contributed by atoms with Crippen LogP contribution in [0.5, 0.6) is 0 Å². The molecule has 0 spiro atoms. The second-order valence-electron chi connectivity index (χ2n) is 1.81. The molecule has 5 heteroatoms. The van der Waals surface area contributed by atoms with Gasteiger partial charge in [0.25, 0.3) is 8.03 Å². The molecule has 0 aromatic rings. The van der Waals surface area contributed by atoms with Crippen LogP contribution in [0.4, 0.5) is 4.79 Å². The van der Waals surface area contributed by atoms with Gasteiger partial charge >= 0.3 is 5.71 Å². The molecule has 0 heterocycles. The Bertz CT molecular complexity index is 206. The van der Waals surface area contributed by atoms with Gasteiger partial charge in [-0.2, -0.15) is 0 Å². The van der Waals surface area contributed by atoms with Crippen LogP contribution in [-0.4, -0.2) is 18.9 Å². The van der Waals surface area contributed by atoms with Crippen molar-refractivity contribution in [3.63, 3.8) is 0 Å². The third-order valence-electron chi connectivity index (χ3n) is 0.922. The summed E-state index contributed by atoms with van der Waals surface area (Å²) in [5, 5.41) is 0. The minimum Gasteiger partial charge on any atom is -0.458 e. The molecule has 0 bridgehead atoms. The van der Waals surface area contributed by atoms with Crippen molar-refractivity contribution in [2.75, 3.05) is 13.2 Å². The van der Waals surface area contributed by atoms with Crippen molar-refractivity contribution in [3.8, 4) is 12.3 Å². The van der Waals surface area contributed by atoms with Crippen LogP contribution >= 0.6 is 8.03 Å². The van der Waals surface area contributed by atoms with Gasteiger partial charge < -0.3 is 9.26 Å². The highest BCUT2D eigenvalue weighted by atomic mass is 31.1. The van der Waals surface area contributed by atoms with E-state index in [4.69, 9.17) is 6.42 Å². The SMILES string of the molecule is C#CCCOC(=O)[PH](=O)OCC. The average molecular weight is 190 g/mol. The maximum atomic E-state index is 10.8. The largest absolute Gasteiger partial charge is 0.458 e. The molecule has 0 N–H and O–H groups in total. The third-order valence-corrected chi connectivity index (χ3v) is 1.95. The van der Waals surface area contributed by atoms with E-state index < -0.39 is 13.7 Å². The van der Waals surface area contributed by atoms with Crippen LogP contribution in [0.1, 0.15) is 13.3 Å². The van der Waals surface area contributed by atoms with Crippen LogP contribution in [-0.2, 0) is 13.8 Å². The fourth-order valence-corrected chi connectivity index (χ4v) is 1.05. The molecular formula is C7H11O4P. The predicted octanol–water partition coefficient (Wildman–Crippen LogP) is 1.66. The zero-order valence-corrected chi connectivity index (χ0v) is 7.83. The van der Waals surface area contributed by atoms with Crippen molar-refractivity contribution >= 4 is 13.7 Å². The van der Waals surface area contributed by atoms with E-state index in [-0.39, 0.29) is 13.2 Å². The summed E-state index contributed by atoms with van der Waals surface area (Å²) in [4.78, 5) is 10.7. The third kappa shape index (κ3) is 4.95. The van der Waals surface area contributed by atoms with Crippen molar-refractivity contribution in [2.24, 2.45) is 0 Å². The number of terminal acetylenes is 1. The first-order valence-corrected chi connectivity index (χ1v) is 4.81. The van der Waals surface area contributed by atoms with Gasteiger partial charge in [0.15, 0.2) is 0 Å². The zero-order chi connectivity index (χ0) is 9.40. The van der Waals surface area contributed by atoms with Gasteiger partial charge in [-0.25, -0.2) is 4.79 Å². The van der Waals surface area contributed by atoms with Crippen LogP contribution in [0, 0.1) is 12.3 Å². The smallest absolute Gasteiger partial charge is 0.388 e. The summed E-state index contributed by atoms with van der Waals surface area (Å²) in [6.07, 6.45) is 5.23. The lowest BCUT2D eigenvalue weighted by atomic mass is 10.5. The van der Waals surface area contributed by atoms with Crippen LogP contribution in [0.25, 0.3) is 0 Å². The van der Waals surface area contributed by atoms with Gasteiger partial charge in [0.1, 0.15) is 6.61 Å². The van der Waals surface area contributed by atoms with Crippen molar-refractivity contribution < 1.29 is 18.6 Å². The summed E-state index contributed by atoms with van der Waals surface area (Å²) in [5.41, 5.74) is -0.808. The molecule has 1 unspecified atom stereocenters. The van der Waals surface area contributed by atoms with Gasteiger partial charge in [0.2, 0.25) is 0 Å². The number of rotatable bonds is 5. The molecule has 0 amide bonds.